The van der Waals surface area contributed by atoms with Gasteiger partial charge in [0.2, 0.25) is 0 Å². The second-order valence-electron chi connectivity index (χ2n) is 12.7. The van der Waals surface area contributed by atoms with Crippen LogP contribution >= 0.6 is 22.7 Å². The third-order valence-corrected chi connectivity index (χ3v) is 12.3. The fraction of sp³-hybridized carbons (Fsp3) is 0.100. The van der Waals surface area contributed by atoms with E-state index in [-0.39, 0.29) is 0 Å². The lowest BCUT2D eigenvalue weighted by Crippen LogP contribution is -1.93. The highest BCUT2D eigenvalue weighted by molar-refractivity contribution is 7.25. The largest absolute Gasteiger partial charge is 0.495 e. The van der Waals surface area contributed by atoms with Crippen molar-refractivity contribution in [3.8, 4) is 11.5 Å². The average molecular weight is 687 g/mol. The van der Waals surface area contributed by atoms with Gasteiger partial charge in [0.1, 0.15) is 32.5 Å². The molecule has 0 atom stereocenters. The summed E-state index contributed by atoms with van der Waals surface area (Å²) in [6.07, 6.45) is 0. The lowest BCUT2D eigenvalue weighted by Gasteiger charge is -2.07. The van der Waals surface area contributed by atoms with Gasteiger partial charge in [-0.05, 0) is 59.3 Å². The number of para-hydroxylation sites is 2. The van der Waals surface area contributed by atoms with Gasteiger partial charge in [0.25, 0.3) is 0 Å². The molecule has 0 aliphatic carbocycles. The van der Waals surface area contributed by atoms with E-state index in [4.69, 9.17) is 29.4 Å². The molecule has 240 valence electrons. The Bertz CT molecular complexity index is 3120. The number of hydrogen-bond acceptors (Lipinski definition) is 8. The Morgan fingerprint density at radius 1 is 0.480 bits per heavy atom. The summed E-state index contributed by atoms with van der Waals surface area (Å²) in [5.74, 6) is 1.48. The predicted octanol–water partition coefficient (Wildman–Crippen LogP) is 10.2. The molecule has 8 nitrogen and oxygen atoms in total. The number of nitrogens with zero attached hydrogens (tertiary/aromatic N) is 6. The van der Waals surface area contributed by atoms with Gasteiger partial charge in [-0.1, -0.05) is 36.4 Å². The van der Waals surface area contributed by atoms with Gasteiger partial charge >= 0.3 is 0 Å². The highest BCUT2D eigenvalue weighted by Crippen LogP contribution is 2.42. The standard InChI is InChI=1S/C40H26N6O2S2/c1-45-25-15-11-19-13-17-27-33-29(19)31(25)41-37(45)21-7-5-8-22(35(21)47-3)38-42-32-26(46(38)2)16-12-20-14-18-28-34(30(20)32)44-40(50-28)24-10-6-9-23(36(24)48-4)39(43-33)49-27/h5-18H,1-4H3. The molecule has 6 aromatic carbocycles. The van der Waals surface area contributed by atoms with Gasteiger partial charge in [-0.15, -0.1) is 22.7 Å². The van der Waals surface area contributed by atoms with Gasteiger partial charge in [0.15, 0.2) is 0 Å². The van der Waals surface area contributed by atoms with E-state index in [1.165, 1.54) is 0 Å². The smallest absolute Gasteiger partial charge is 0.144 e. The first-order valence-electron chi connectivity index (χ1n) is 16.2. The van der Waals surface area contributed by atoms with Crippen LogP contribution in [0.4, 0.5) is 0 Å². The van der Waals surface area contributed by atoms with Crippen LogP contribution in [0.1, 0.15) is 0 Å². The highest BCUT2D eigenvalue weighted by atomic mass is 32.1. The molecule has 12 bridgehead atoms. The normalized spacial score (nSPS) is 12.4. The van der Waals surface area contributed by atoms with Crippen LogP contribution in [0.25, 0.3) is 107 Å². The molecule has 0 spiro atoms. The number of benzene rings is 6. The molecule has 0 fully saturated rings. The first kappa shape index (κ1) is 28.0. The lowest BCUT2D eigenvalue weighted by atomic mass is 10.1. The molecule has 50 heavy (non-hydrogen) atoms. The number of aromatic nitrogens is 6. The van der Waals surface area contributed by atoms with Gasteiger partial charge in [-0.3, -0.25) is 0 Å². The number of fused-ring (bicyclic) bond motifs is 12. The molecule has 11 aromatic rings. The summed E-state index contributed by atoms with van der Waals surface area (Å²) in [4.78, 5) is 23.1. The summed E-state index contributed by atoms with van der Waals surface area (Å²) < 4.78 is 18.9. The molecule has 10 heteroatoms. The topological polar surface area (TPSA) is 79.9 Å². The SMILES string of the molecule is COc1c2cccc1c1nc3c(ccc4ccc5c(nc(c6cccc(c6OC)c6nc7c8c(ccc9sc2nc98)ccc7n6C)n5C)c43)s1. The molecule has 0 amide bonds. The summed E-state index contributed by atoms with van der Waals surface area (Å²) in [5, 5.41) is 7.89. The van der Waals surface area contributed by atoms with Crippen molar-refractivity contribution >= 4 is 129 Å². The third-order valence-electron chi connectivity index (χ3n) is 10.2. The van der Waals surface area contributed by atoms with Crippen molar-refractivity contribution in [2.45, 2.75) is 0 Å². The fourth-order valence-corrected chi connectivity index (χ4v) is 9.81. The van der Waals surface area contributed by atoms with E-state index >= 15 is 0 Å². The molecule has 0 aliphatic heterocycles. The Morgan fingerprint density at radius 3 is 1.36 bits per heavy atom. The van der Waals surface area contributed by atoms with Gasteiger partial charge in [0.05, 0.1) is 78.3 Å². The van der Waals surface area contributed by atoms with Crippen LogP contribution in [0.5, 0.6) is 11.5 Å². The molecule has 11 rings (SSSR count). The van der Waals surface area contributed by atoms with Crippen molar-refractivity contribution in [1.29, 1.82) is 0 Å². The number of imidazole rings is 2. The van der Waals surface area contributed by atoms with E-state index in [1.54, 1.807) is 36.9 Å². The molecular weight excluding hydrogens is 661 g/mol. The van der Waals surface area contributed by atoms with E-state index in [0.717, 1.165) is 118 Å². The van der Waals surface area contributed by atoms with Gasteiger partial charge in [0, 0.05) is 24.9 Å². The van der Waals surface area contributed by atoms with Crippen LogP contribution in [0.15, 0.2) is 84.9 Å². The number of methoxy groups -OCH3 is 2. The van der Waals surface area contributed by atoms with E-state index in [2.05, 4.69) is 108 Å². The van der Waals surface area contributed by atoms with E-state index in [9.17, 15) is 0 Å². The molecule has 0 aliphatic rings. The zero-order valence-corrected chi connectivity index (χ0v) is 29.0. The molecule has 0 saturated heterocycles. The first-order valence-corrected chi connectivity index (χ1v) is 17.9. The Labute approximate surface area is 291 Å². The third kappa shape index (κ3) is 3.53. The first-order chi connectivity index (χ1) is 24.5. The number of ether oxygens (including phenoxy) is 2. The maximum Gasteiger partial charge on any atom is 0.144 e. The minimum absolute atomic E-state index is 0.722. The minimum atomic E-state index is 0.722. The number of thiazole rings is 2. The van der Waals surface area contributed by atoms with Crippen LogP contribution in [0, 0.1) is 0 Å². The van der Waals surface area contributed by atoms with Crippen molar-refractivity contribution in [3.63, 3.8) is 0 Å². The van der Waals surface area contributed by atoms with Crippen molar-refractivity contribution in [2.24, 2.45) is 14.1 Å². The fourth-order valence-electron chi connectivity index (χ4n) is 7.82. The Morgan fingerprint density at radius 2 is 0.900 bits per heavy atom. The molecule has 5 heterocycles. The molecule has 5 aromatic heterocycles. The van der Waals surface area contributed by atoms with Crippen LogP contribution in [0.2, 0.25) is 0 Å². The minimum Gasteiger partial charge on any atom is -0.495 e. The summed E-state index contributed by atoms with van der Waals surface area (Å²) >= 11 is 3.33. The summed E-state index contributed by atoms with van der Waals surface area (Å²) in [6.45, 7) is 0. The van der Waals surface area contributed by atoms with Gasteiger partial charge < -0.3 is 18.6 Å². The Balaban J connectivity index is 1.45. The lowest BCUT2D eigenvalue weighted by molar-refractivity contribution is 0.424. The van der Waals surface area contributed by atoms with Crippen LogP contribution < -0.4 is 9.47 Å². The van der Waals surface area contributed by atoms with Crippen LogP contribution in [-0.2, 0) is 14.1 Å². The Kier molecular flexibility index (Phi) is 5.54. The van der Waals surface area contributed by atoms with Gasteiger partial charge in [-0.2, -0.15) is 0 Å². The number of rotatable bonds is 2. The maximum absolute atomic E-state index is 6.24. The second kappa shape index (κ2) is 9.87. The summed E-state index contributed by atoms with van der Waals surface area (Å²) in [6, 6.07) is 29.7. The monoisotopic (exact) mass is 686 g/mol. The van der Waals surface area contributed by atoms with Crippen molar-refractivity contribution in [2.75, 3.05) is 14.2 Å². The molecular formula is C40H26N6O2S2. The number of aryl methyl sites for hydroxylation is 2. The Hall–Kier alpha value is -5.84. The van der Waals surface area contributed by atoms with E-state index < -0.39 is 0 Å². The van der Waals surface area contributed by atoms with Crippen molar-refractivity contribution in [1.82, 2.24) is 29.1 Å². The quantitative estimate of drug-likeness (QED) is 0.180. The molecule has 0 unspecified atom stereocenters. The van der Waals surface area contributed by atoms with Gasteiger partial charge in [-0.25, -0.2) is 19.9 Å². The summed E-state index contributed by atoms with van der Waals surface area (Å²) in [7, 11) is 7.58. The van der Waals surface area contributed by atoms with E-state index in [1.807, 2.05) is 0 Å². The number of hydrogen-bond donors (Lipinski definition) is 0. The maximum atomic E-state index is 6.24. The van der Waals surface area contributed by atoms with Crippen molar-refractivity contribution < 1.29 is 9.47 Å². The molecule has 0 N–H and O–H groups in total. The van der Waals surface area contributed by atoms with Crippen LogP contribution in [-0.4, -0.2) is 43.3 Å². The van der Waals surface area contributed by atoms with Crippen LogP contribution in [0.3, 0.4) is 0 Å². The zero-order valence-electron chi connectivity index (χ0n) is 27.4. The highest BCUT2D eigenvalue weighted by Gasteiger charge is 2.20. The molecule has 0 radical (unpaired) electrons. The predicted molar refractivity (Wildman–Crippen MR) is 208 cm³/mol. The second-order valence-corrected chi connectivity index (χ2v) is 14.7. The zero-order chi connectivity index (χ0) is 33.4. The van der Waals surface area contributed by atoms with Crippen molar-refractivity contribution in [3.05, 3.63) is 84.9 Å². The average Bonchev–Trinajstić information content (AvgIpc) is 3.93. The molecule has 0 saturated carbocycles. The van der Waals surface area contributed by atoms with E-state index in [0.29, 0.717) is 0 Å². The summed E-state index contributed by atoms with van der Waals surface area (Å²) in [5.41, 5.74) is 7.31.